The highest BCUT2D eigenvalue weighted by Gasteiger charge is 2.30. The van der Waals surface area contributed by atoms with Gasteiger partial charge in [-0.05, 0) is 51.4 Å². The predicted molar refractivity (Wildman–Crippen MR) is 92.6 cm³/mol. The van der Waals surface area contributed by atoms with Gasteiger partial charge >= 0.3 is 0 Å². The average Bonchev–Trinajstić information content (AvgIpc) is 3.17. The van der Waals surface area contributed by atoms with Crippen molar-refractivity contribution in [2.45, 2.75) is 77.4 Å². The van der Waals surface area contributed by atoms with E-state index >= 15 is 0 Å². The molecule has 0 amide bonds. The molecule has 2 atom stereocenters. The monoisotopic (exact) mass is 382 g/mol. The molecular formula is C16H30O6S2. The lowest BCUT2D eigenvalue weighted by Gasteiger charge is -2.20. The second-order valence-corrected chi connectivity index (χ2v) is 10.6. The Hall–Kier alpha value is -0.180. The van der Waals surface area contributed by atoms with Crippen molar-refractivity contribution in [3.05, 3.63) is 0 Å². The van der Waals surface area contributed by atoms with Crippen LogP contribution in [0.25, 0.3) is 0 Å². The minimum absolute atomic E-state index is 0.245. The zero-order chi connectivity index (χ0) is 17.8. The summed E-state index contributed by atoms with van der Waals surface area (Å²) in [5.41, 5.74) is 0. The van der Waals surface area contributed by atoms with Crippen molar-refractivity contribution in [1.82, 2.24) is 0 Å². The second-order valence-electron chi connectivity index (χ2n) is 7.22. The molecule has 0 N–H and O–H groups in total. The van der Waals surface area contributed by atoms with Crippen molar-refractivity contribution in [2.24, 2.45) is 11.8 Å². The van der Waals surface area contributed by atoms with Gasteiger partial charge in [0.1, 0.15) is 0 Å². The Morgan fingerprint density at radius 2 is 1.00 bits per heavy atom. The van der Waals surface area contributed by atoms with Crippen LogP contribution in [0.15, 0.2) is 0 Å². The fraction of sp³-hybridized carbons (Fsp3) is 1.00. The van der Waals surface area contributed by atoms with Crippen LogP contribution >= 0.6 is 0 Å². The fourth-order valence-electron chi connectivity index (χ4n) is 3.77. The Morgan fingerprint density at radius 1 is 0.708 bits per heavy atom. The molecule has 0 aromatic carbocycles. The third kappa shape index (κ3) is 6.28. The minimum Gasteiger partial charge on any atom is -0.267 e. The molecule has 0 spiro atoms. The molecule has 2 aliphatic carbocycles. The van der Waals surface area contributed by atoms with Crippen LogP contribution in [-0.2, 0) is 28.6 Å². The lowest BCUT2D eigenvalue weighted by Crippen LogP contribution is -2.29. The van der Waals surface area contributed by atoms with E-state index in [1.165, 1.54) is 0 Å². The highest BCUT2D eigenvalue weighted by molar-refractivity contribution is 7.90. The van der Waals surface area contributed by atoms with E-state index in [9.17, 15) is 16.8 Å². The minimum atomic E-state index is -3.87. The van der Waals surface area contributed by atoms with Gasteiger partial charge in [0, 0.05) is 0 Å². The van der Waals surface area contributed by atoms with Crippen LogP contribution < -0.4 is 0 Å². The summed E-state index contributed by atoms with van der Waals surface area (Å²) in [5, 5.41) is 0. The Kier molecular flexibility index (Phi) is 7.10. The third-order valence-electron chi connectivity index (χ3n) is 5.31. The topological polar surface area (TPSA) is 86.7 Å². The quantitative estimate of drug-likeness (QED) is 0.570. The average molecular weight is 383 g/mol. The van der Waals surface area contributed by atoms with Crippen LogP contribution in [-0.4, -0.2) is 40.5 Å². The summed E-state index contributed by atoms with van der Waals surface area (Å²) < 4.78 is 58.5. The van der Waals surface area contributed by atoms with Gasteiger partial charge in [-0.1, -0.05) is 25.7 Å². The van der Waals surface area contributed by atoms with Crippen LogP contribution in [0.2, 0.25) is 0 Å². The first-order valence-electron chi connectivity index (χ1n) is 9.00. The number of hydrogen-bond donors (Lipinski definition) is 0. The molecule has 2 aliphatic rings. The van der Waals surface area contributed by atoms with Gasteiger partial charge in [-0.3, -0.25) is 8.37 Å². The van der Waals surface area contributed by atoms with E-state index in [-0.39, 0.29) is 11.8 Å². The number of rotatable bonds is 9. The molecule has 0 heterocycles. The van der Waals surface area contributed by atoms with E-state index in [0.717, 1.165) is 51.4 Å². The van der Waals surface area contributed by atoms with Gasteiger partial charge < -0.3 is 0 Å². The first-order chi connectivity index (χ1) is 11.2. The van der Waals surface area contributed by atoms with E-state index in [1.54, 1.807) is 13.8 Å². The van der Waals surface area contributed by atoms with Crippen molar-refractivity contribution in [2.75, 3.05) is 11.5 Å². The predicted octanol–water partition coefficient (Wildman–Crippen LogP) is 2.84. The van der Waals surface area contributed by atoms with Crippen molar-refractivity contribution in [1.29, 1.82) is 0 Å². The molecule has 0 radical (unpaired) electrons. The summed E-state index contributed by atoms with van der Waals surface area (Å²) in [6, 6.07) is 0. The standard InChI is InChI=1S/C16H30O6S2/c1-13(15-7-3-4-8-15)21-23(17,18)11-12-24(19,20)22-14(2)16-9-5-6-10-16/h13-16H,3-12H2,1-2H3. The van der Waals surface area contributed by atoms with Crippen LogP contribution in [0.4, 0.5) is 0 Å². The lowest BCUT2D eigenvalue weighted by molar-refractivity contribution is 0.158. The molecular weight excluding hydrogens is 352 g/mol. The Labute approximate surface area is 146 Å². The molecule has 2 saturated carbocycles. The highest BCUT2D eigenvalue weighted by atomic mass is 32.2. The molecule has 0 aliphatic heterocycles. The summed E-state index contributed by atoms with van der Waals surface area (Å²) in [7, 11) is -7.73. The molecule has 142 valence electrons. The highest BCUT2D eigenvalue weighted by Crippen LogP contribution is 2.31. The first kappa shape index (κ1) is 20.1. The summed E-state index contributed by atoms with van der Waals surface area (Å²) >= 11 is 0. The molecule has 2 unspecified atom stereocenters. The Bertz CT molecular complexity index is 532. The summed E-state index contributed by atoms with van der Waals surface area (Å²) in [6.07, 6.45) is 7.48. The normalized spacial score (nSPS) is 23.6. The zero-order valence-corrected chi connectivity index (χ0v) is 16.3. The summed E-state index contributed by atoms with van der Waals surface area (Å²) in [6.45, 7) is 3.50. The van der Waals surface area contributed by atoms with Crippen molar-refractivity contribution >= 4 is 20.2 Å². The first-order valence-corrected chi connectivity index (χ1v) is 12.2. The van der Waals surface area contributed by atoms with Crippen molar-refractivity contribution in [3.63, 3.8) is 0 Å². The molecule has 2 fully saturated rings. The van der Waals surface area contributed by atoms with Gasteiger partial charge in [0.15, 0.2) is 0 Å². The molecule has 0 aromatic heterocycles. The number of hydrogen-bond acceptors (Lipinski definition) is 6. The molecule has 0 bridgehead atoms. The third-order valence-corrected chi connectivity index (χ3v) is 8.17. The van der Waals surface area contributed by atoms with Gasteiger partial charge in [0.25, 0.3) is 20.2 Å². The van der Waals surface area contributed by atoms with Gasteiger partial charge in [-0.2, -0.15) is 16.8 Å². The molecule has 0 saturated heterocycles. The van der Waals surface area contributed by atoms with Gasteiger partial charge in [0.2, 0.25) is 0 Å². The fourth-order valence-corrected chi connectivity index (χ4v) is 6.84. The lowest BCUT2D eigenvalue weighted by atomic mass is 10.0. The maximum Gasteiger partial charge on any atom is 0.268 e. The Balaban J connectivity index is 1.80. The summed E-state index contributed by atoms with van der Waals surface area (Å²) in [4.78, 5) is 0. The molecule has 0 aromatic rings. The van der Waals surface area contributed by atoms with Gasteiger partial charge in [-0.15, -0.1) is 0 Å². The van der Waals surface area contributed by atoms with E-state index in [2.05, 4.69) is 0 Å². The van der Waals surface area contributed by atoms with E-state index in [1.807, 2.05) is 0 Å². The SMILES string of the molecule is CC(OS(=O)(=O)CCS(=O)(=O)OC(C)C1CCCC1)C1CCCC1. The maximum absolute atomic E-state index is 12.0. The van der Waals surface area contributed by atoms with Gasteiger partial charge in [-0.25, -0.2) is 0 Å². The van der Waals surface area contributed by atoms with Crippen LogP contribution in [0.3, 0.4) is 0 Å². The molecule has 24 heavy (non-hydrogen) atoms. The van der Waals surface area contributed by atoms with Crippen LogP contribution in [0.1, 0.15) is 65.2 Å². The Morgan fingerprint density at radius 3 is 1.29 bits per heavy atom. The van der Waals surface area contributed by atoms with Crippen molar-refractivity contribution < 1.29 is 25.2 Å². The molecule has 6 nitrogen and oxygen atoms in total. The largest absolute Gasteiger partial charge is 0.268 e. The van der Waals surface area contributed by atoms with Crippen LogP contribution in [0.5, 0.6) is 0 Å². The van der Waals surface area contributed by atoms with Gasteiger partial charge in [0.05, 0.1) is 23.7 Å². The van der Waals surface area contributed by atoms with E-state index in [4.69, 9.17) is 8.37 Å². The molecule has 8 heteroatoms. The van der Waals surface area contributed by atoms with E-state index < -0.39 is 43.9 Å². The van der Waals surface area contributed by atoms with E-state index in [0.29, 0.717) is 0 Å². The van der Waals surface area contributed by atoms with Crippen LogP contribution in [0, 0.1) is 11.8 Å². The summed E-state index contributed by atoms with van der Waals surface area (Å²) in [5.74, 6) is -0.613. The van der Waals surface area contributed by atoms with Crippen molar-refractivity contribution in [3.8, 4) is 0 Å². The smallest absolute Gasteiger partial charge is 0.267 e. The maximum atomic E-state index is 12.0. The second kappa shape index (κ2) is 8.47. The zero-order valence-electron chi connectivity index (χ0n) is 14.6. The molecule has 2 rings (SSSR count).